The second-order valence-corrected chi connectivity index (χ2v) is 9.23. The van der Waals surface area contributed by atoms with Gasteiger partial charge >= 0.3 is 0 Å². The number of likely N-dealkylation sites (tertiary alicyclic amines) is 1. The van der Waals surface area contributed by atoms with Crippen molar-refractivity contribution in [3.63, 3.8) is 0 Å². The first-order valence-corrected chi connectivity index (χ1v) is 10.2. The molecule has 2 aromatic rings. The molecule has 0 unspecified atom stereocenters. The van der Waals surface area contributed by atoms with E-state index < -0.39 is 0 Å². The number of nitrogens with zero attached hydrogens (tertiary/aromatic N) is 4. The molecule has 0 spiro atoms. The summed E-state index contributed by atoms with van der Waals surface area (Å²) in [6.45, 7) is 8.27. The Morgan fingerprint density at radius 1 is 1.34 bits per heavy atom. The number of hydrogen-bond acceptors (Lipinski definition) is 5. The Morgan fingerprint density at radius 2 is 2.07 bits per heavy atom. The van der Waals surface area contributed by atoms with Crippen LogP contribution in [0.3, 0.4) is 0 Å². The Kier molecular flexibility index (Phi) is 4.75. The Morgan fingerprint density at radius 3 is 2.66 bits per heavy atom. The van der Waals surface area contributed by atoms with Gasteiger partial charge in [0.15, 0.2) is 11.6 Å². The molecule has 29 heavy (non-hydrogen) atoms. The zero-order valence-electron chi connectivity index (χ0n) is 17.7. The normalized spacial score (nSPS) is 22.4. The largest absolute Gasteiger partial charge is 0.445 e. The molecule has 8 heteroatoms. The zero-order chi connectivity index (χ0) is 20.9. The number of aromatic nitrogens is 3. The van der Waals surface area contributed by atoms with Crippen molar-refractivity contribution in [2.75, 3.05) is 6.54 Å². The molecule has 2 amide bonds. The lowest BCUT2D eigenvalue weighted by atomic mass is 9.93. The summed E-state index contributed by atoms with van der Waals surface area (Å²) in [5, 5.41) is 7.27. The molecule has 1 saturated carbocycles. The van der Waals surface area contributed by atoms with Gasteiger partial charge in [0.2, 0.25) is 5.91 Å². The van der Waals surface area contributed by atoms with Gasteiger partial charge in [-0.3, -0.25) is 14.3 Å². The highest BCUT2D eigenvalue weighted by Crippen LogP contribution is 2.42. The van der Waals surface area contributed by atoms with Crippen molar-refractivity contribution in [2.24, 2.45) is 13.0 Å². The number of rotatable bonds is 5. The number of nitrogens with one attached hydrogen (secondary N) is 1. The van der Waals surface area contributed by atoms with E-state index in [0.717, 1.165) is 18.4 Å². The summed E-state index contributed by atoms with van der Waals surface area (Å²) in [6, 6.07) is -0.128. The Labute approximate surface area is 170 Å². The van der Waals surface area contributed by atoms with Gasteiger partial charge in [0, 0.05) is 49.1 Å². The molecule has 0 aromatic carbocycles. The lowest BCUT2D eigenvalue weighted by Gasteiger charge is -2.38. The van der Waals surface area contributed by atoms with Crippen LogP contribution in [0.25, 0.3) is 0 Å². The standard InChI is InChI=1S/C21H29N5O3/c1-12-17(24-20(29-12)13-6-7-13)19(28)22-9-14-8-16(27)26(21(2,3)4)18(14)15-10-23-25(5)11-15/h10-11,13-14,18H,6-9H2,1-5H3,(H,22,28)/t14-,18+/m0/s1. The molecule has 1 aliphatic heterocycles. The predicted molar refractivity (Wildman–Crippen MR) is 106 cm³/mol. The molecule has 0 bridgehead atoms. The first-order chi connectivity index (χ1) is 13.6. The average Bonchev–Trinajstić information content (AvgIpc) is 3.13. The summed E-state index contributed by atoms with van der Waals surface area (Å²) in [6.07, 6.45) is 6.28. The minimum absolute atomic E-state index is 0.0371. The quantitative estimate of drug-likeness (QED) is 0.834. The Hall–Kier alpha value is -2.64. The zero-order valence-corrected chi connectivity index (χ0v) is 17.7. The van der Waals surface area contributed by atoms with E-state index in [1.165, 1.54) is 0 Å². The van der Waals surface area contributed by atoms with Crippen LogP contribution in [0, 0.1) is 12.8 Å². The summed E-state index contributed by atoms with van der Waals surface area (Å²) in [4.78, 5) is 31.9. The SMILES string of the molecule is Cc1oc(C2CC2)nc1C(=O)NC[C@@H]1CC(=O)N(C(C)(C)C)[C@H]1c1cnn(C)c1. The molecule has 0 radical (unpaired) electrons. The number of amides is 2. The van der Waals surface area contributed by atoms with Crippen LogP contribution < -0.4 is 5.32 Å². The van der Waals surface area contributed by atoms with E-state index >= 15 is 0 Å². The number of hydrogen-bond donors (Lipinski definition) is 1. The molecule has 2 fully saturated rings. The molecule has 2 aromatic heterocycles. The van der Waals surface area contributed by atoms with E-state index in [2.05, 4.69) is 15.4 Å². The molecule has 2 aliphatic rings. The molecule has 8 nitrogen and oxygen atoms in total. The van der Waals surface area contributed by atoms with Crippen LogP contribution in [0.15, 0.2) is 16.8 Å². The third-order valence-corrected chi connectivity index (χ3v) is 5.70. The van der Waals surface area contributed by atoms with Gasteiger partial charge in [0.1, 0.15) is 5.76 Å². The van der Waals surface area contributed by atoms with Crippen molar-refractivity contribution in [3.05, 3.63) is 35.3 Å². The van der Waals surface area contributed by atoms with Crippen LogP contribution in [0.2, 0.25) is 0 Å². The first-order valence-electron chi connectivity index (χ1n) is 10.2. The van der Waals surface area contributed by atoms with Crippen LogP contribution in [-0.2, 0) is 11.8 Å². The van der Waals surface area contributed by atoms with E-state index in [1.54, 1.807) is 17.8 Å². The number of oxazole rings is 1. The lowest BCUT2D eigenvalue weighted by molar-refractivity contribution is -0.133. The highest BCUT2D eigenvalue weighted by molar-refractivity contribution is 5.93. The fraction of sp³-hybridized carbons (Fsp3) is 0.619. The minimum Gasteiger partial charge on any atom is -0.445 e. The van der Waals surface area contributed by atoms with Crippen molar-refractivity contribution in [1.29, 1.82) is 0 Å². The highest BCUT2D eigenvalue weighted by Gasteiger charge is 2.46. The smallest absolute Gasteiger partial charge is 0.273 e. The van der Waals surface area contributed by atoms with E-state index in [-0.39, 0.29) is 29.3 Å². The molecule has 1 aliphatic carbocycles. The molecule has 4 rings (SSSR count). The lowest BCUT2D eigenvalue weighted by Crippen LogP contribution is -2.44. The van der Waals surface area contributed by atoms with Gasteiger partial charge < -0.3 is 14.6 Å². The number of carbonyl (C=O) groups excluding carboxylic acids is 2. The predicted octanol–water partition coefficient (Wildman–Crippen LogP) is 2.71. The van der Waals surface area contributed by atoms with E-state index in [0.29, 0.717) is 36.2 Å². The second-order valence-electron chi connectivity index (χ2n) is 9.23. The fourth-order valence-corrected chi connectivity index (χ4v) is 4.23. The monoisotopic (exact) mass is 399 g/mol. The average molecular weight is 399 g/mol. The molecule has 1 saturated heterocycles. The number of carbonyl (C=O) groups is 2. The summed E-state index contributed by atoms with van der Waals surface area (Å²) < 4.78 is 7.40. The van der Waals surface area contributed by atoms with Crippen molar-refractivity contribution < 1.29 is 14.0 Å². The topological polar surface area (TPSA) is 93.3 Å². The van der Waals surface area contributed by atoms with E-state index in [9.17, 15) is 9.59 Å². The van der Waals surface area contributed by atoms with Gasteiger partial charge in [0.25, 0.3) is 5.91 Å². The van der Waals surface area contributed by atoms with E-state index in [4.69, 9.17) is 4.42 Å². The third kappa shape index (κ3) is 3.80. The van der Waals surface area contributed by atoms with Crippen LogP contribution >= 0.6 is 0 Å². The summed E-state index contributed by atoms with van der Waals surface area (Å²) in [5.74, 6) is 1.38. The van der Waals surface area contributed by atoms with Gasteiger partial charge in [-0.15, -0.1) is 0 Å². The Bertz CT molecular complexity index is 935. The third-order valence-electron chi connectivity index (χ3n) is 5.70. The van der Waals surface area contributed by atoms with Gasteiger partial charge in [-0.25, -0.2) is 4.98 Å². The summed E-state index contributed by atoms with van der Waals surface area (Å²) >= 11 is 0. The van der Waals surface area contributed by atoms with E-state index in [1.807, 2.05) is 38.9 Å². The maximum Gasteiger partial charge on any atom is 0.273 e. The number of aryl methyl sites for hydroxylation is 2. The molecule has 1 N–H and O–H groups in total. The molecular formula is C21H29N5O3. The van der Waals surface area contributed by atoms with Gasteiger partial charge in [-0.1, -0.05) is 0 Å². The first kappa shape index (κ1) is 19.7. The van der Waals surface area contributed by atoms with Crippen LogP contribution in [-0.4, -0.2) is 43.6 Å². The second kappa shape index (κ2) is 7.00. The fourth-order valence-electron chi connectivity index (χ4n) is 4.23. The van der Waals surface area contributed by atoms with Gasteiger partial charge in [-0.05, 0) is 40.5 Å². The van der Waals surface area contributed by atoms with Crippen LogP contribution in [0.5, 0.6) is 0 Å². The maximum atomic E-state index is 12.8. The maximum absolute atomic E-state index is 12.8. The molecular weight excluding hydrogens is 370 g/mol. The minimum atomic E-state index is -0.321. The van der Waals surface area contributed by atoms with Gasteiger partial charge in [0.05, 0.1) is 12.2 Å². The van der Waals surface area contributed by atoms with Crippen molar-refractivity contribution >= 4 is 11.8 Å². The Balaban J connectivity index is 1.52. The van der Waals surface area contributed by atoms with Crippen LogP contribution in [0.1, 0.15) is 79.7 Å². The van der Waals surface area contributed by atoms with Crippen molar-refractivity contribution in [3.8, 4) is 0 Å². The molecule has 3 heterocycles. The van der Waals surface area contributed by atoms with Crippen molar-refractivity contribution in [1.82, 2.24) is 25.0 Å². The van der Waals surface area contributed by atoms with Crippen LogP contribution in [0.4, 0.5) is 0 Å². The molecule has 2 atom stereocenters. The molecule has 156 valence electrons. The van der Waals surface area contributed by atoms with Crippen molar-refractivity contribution in [2.45, 2.75) is 64.5 Å². The summed E-state index contributed by atoms with van der Waals surface area (Å²) in [7, 11) is 1.86. The summed E-state index contributed by atoms with van der Waals surface area (Å²) in [5.41, 5.74) is 1.01. The van der Waals surface area contributed by atoms with Gasteiger partial charge in [-0.2, -0.15) is 5.10 Å². The highest BCUT2D eigenvalue weighted by atomic mass is 16.4.